The molecule has 8 heteroatoms. The number of aromatic nitrogens is 2. The number of nitrogens with one attached hydrogen (secondary N) is 1. The average Bonchev–Trinajstić information content (AvgIpc) is 2.99. The number of carbonyl (C=O) groups is 1. The molecule has 1 aromatic rings. The molecule has 3 N–H and O–H groups in total. The number of H-pyrrole nitrogens is 1. The quantitative estimate of drug-likeness (QED) is 0.787. The zero-order valence-electron chi connectivity index (χ0n) is 11.1. The summed E-state index contributed by atoms with van der Waals surface area (Å²) in [6.07, 6.45) is 3.99. The van der Waals surface area contributed by atoms with Crippen LogP contribution in [0.1, 0.15) is 41.0 Å². The molecule has 1 saturated heterocycles. The summed E-state index contributed by atoms with van der Waals surface area (Å²) >= 11 is 0. The zero-order chi connectivity index (χ0) is 14.3. The van der Waals surface area contributed by atoms with Crippen molar-refractivity contribution in [1.82, 2.24) is 15.1 Å². The standard InChI is InChI=1S/C12H18N4O3S/c13-20(18,19)8-3-2-6-16(7-8)12(17)11-9-4-1-5-10(9)14-15-11/h8H,1-7H2,(H,14,15)(H2,13,18,19)/t8-/m0/s1. The summed E-state index contributed by atoms with van der Waals surface area (Å²) in [5.74, 6) is -0.183. The Hall–Kier alpha value is -1.41. The number of hydrogen-bond donors (Lipinski definition) is 2. The van der Waals surface area contributed by atoms with E-state index in [0.29, 0.717) is 25.1 Å². The van der Waals surface area contributed by atoms with E-state index in [1.54, 1.807) is 4.90 Å². The lowest BCUT2D eigenvalue weighted by Crippen LogP contribution is -2.47. The van der Waals surface area contributed by atoms with Gasteiger partial charge in [0.1, 0.15) is 0 Å². The molecule has 2 heterocycles. The number of likely N-dealkylation sites (tertiary alicyclic amines) is 1. The lowest BCUT2D eigenvalue weighted by molar-refractivity contribution is 0.0720. The number of nitrogens with two attached hydrogens (primary N) is 1. The van der Waals surface area contributed by atoms with Gasteiger partial charge in [-0.3, -0.25) is 9.89 Å². The highest BCUT2D eigenvalue weighted by Gasteiger charge is 2.33. The van der Waals surface area contributed by atoms with Crippen molar-refractivity contribution < 1.29 is 13.2 Å². The van der Waals surface area contributed by atoms with Crippen molar-refractivity contribution in [3.63, 3.8) is 0 Å². The molecule has 3 rings (SSSR count). The summed E-state index contributed by atoms with van der Waals surface area (Å²) in [6, 6.07) is 0. The van der Waals surface area contributed by atoms with Crippen molar-refractivity contribution in [2.24, 2.45) is 5.14 Å². The number of aromatic amines is 1. The Balaban J connectivity index is 1.80. The first kappa shape index (κ1) is 13.6. The highest BCUT2D eigenvalue weighted by atomic mass is 32.2. The average molecular weight is 298 g/mol. The molecule has 0 aromatic carbocycles. The van der Waals surface area contributed by atoms with Gasteiger partial charge in [-0.25, -0.2) is 13.6 Å². The molecule has 1 fully saturated rings. The Bertz CT molecular complexity index is 637. The molecule has 1 aliphatic heterocycles. The summed E-state index contributed by atoms with van der Waals surface area (Å²) in [4.78, 5) is 14.1. The summed E-state index contributed by atoms with van der Waals surface area (Å²) in [6.45, 7) is 0.728. The van der Waals surface area contributed by atoms with Crippen molar-refractivity contribution >= 4 is 15.9 Å². The molecule has 1 atom stereocenters. The monoisotopic (exact) mass is 298 g/mol. The first-order chi connectivity index (χ1) is 9.47. The number of fused-ring (bicyclic) bond motifs is 1. The van der Waals surface area contributed by atoms with Gasteiger partial charge >= 0.3 is 0 Å². The summed E-state index contributed by atoms with van der Waals surface area (Å²) in [7, 11) is -3.59. The third-order valence-corrected chi connectivity index (χ3v) is 5.45. The lowest BCUT2D eigenvalue weighted by Gasteiger charge is -2.31. The molecule has 0 saturated carbocycles. The van der Waals surface area contributed by atoms with Crippen molar-refractivity contribution in [1.29, 1.82) is 0 Å². The summed E-state index contributed by atoms with van der Waals surface area (Å²) in [5.41, 5.74) is 2.48. The van der Waals surface area contributed by atoms with E-state index in [9.17, 15) is 13.2 Å². The summed E-state index contributed by atoms with van der Waals surface area (Å²) < 4.78 is 22.9. The van der Waals surface area contributed by atoms with Crippen LogP contribution in [0.2, 0.25) is 0 Å². The van der Waals surface area contributed by atoms with Gasteiger partial charge < -0.3 is 4.90 Å². The molecule has 0 unspecified atom stereocenters. The number of carbonyl (C=O) groups excluding carboxylic acids is 1. The number of nitrogens with zero attached hydrogens (tertiary/aromatic N) is 2. The molecule has 110 valence electrons. The van der Waals surface area contributed by atoms with E-state index in [1.807, 2.05) is 0 Å². The fourth-order valence-corrected chi connectivity index (χ4v) is 3.92. The second-order valence-electron chi connectivity index (χ2n) is 5.49. The van der Waals surface area contributed by atoms with Crippen LogP contribution in [-0.2, 0) is 22.9 Å². The molecule has 0 radical (unpaired) electrons. The number of aryl methyl sites for hydroxylation is 1. The van der Waals surface area contributed by atoms with Crippen LogP contribution < -0.4 is 5.14 Å². The Morgan fingerprint density at radius 3 is 2.90 bits per heavy atom. The molecule has 1 amide bonds. The zero-order valence-corrected chi connectivity index (χ0v) is 11.9. The normalized spacial score (nSPS) is 22.9. The van der Waals surface area contributed by atoms with E-state index in [4.69, 9.17) is 5.14 Å². The van der Waals surface area contributed by atoms with Crippen molar-refractivity contribution in [3.05, 3.63) is 17.0 Å². The van der Waals surface area contributed by atoms with Gasteiger partial charge in [-0.15, -0.1) is 0 Å². The van der Waals surface area contributed by atoms with Crippen LogP contribution in [0.5, 0.6) is 0 Å². The van der Waals surface area contributed by atoms with Gasteiger partial charge in [-0.1, -0.05) is 0 Å². The van der Waals surface area contributed by atoms with E-state index in [1.165, 1.54) is 0 Å². The van der Waals surface area contributed by atoms with Gasteiger partial charge in [-0.05, 0) is 32.1 Å². The minimum Gasteiger partial charge on any atom is -0.336 e. The fourth-order valence-electron chi connectivity index (χ4n) is 3.04. The SMILES string of the molecule is NS(=O)(=O)[C@H]1CCCN(C(=O)c2n[nH]c3c2CCC3)C1. The van der Waals surface area contributed by atoms with Gasteiger partial charge in [-0.2, -0.15) is 5.10 Å². The van der Waals surface area contributed by atoms with Gasteiger partial charge in [0.2, 0.25) is 10.0 Å². The largest absolute Gasteiger partial charge is 0.336 e. The highest BCUT2D eigenvalue weighted by Crippen LogP contribution is 2.25. The van der Waals surface area contributed by atoms with Crippen molar-refractivity contribution in [2.75, 3.05) is 13.1 Å². The van der Waals surface area contributed by atoms with Gasteiger partial charge in [0.25, 0.3) is 5.91 Å². The first-order valence-electron chi connectivity index (χ1n) is 6.84. The van der Waals surface area contributed by atoms with E-state index in [2.05, 4.69) is 10.2 Å². The molecule has 7 nitrogen and oxygen atoms in total. The Morgan fingerprint density at radius 1 is 1.35 bits per heavy atom. The maximum Gasteiger partial charge on any atom is 0.274 e. The maximum atomic E-state index is 12.5. The number of hydrogen-bond acceptors (Lipinski definition) is 4. The molecular formula is C12H18N4O3S. The predicted octanol–water partition coefficient (Wildman–Crippen LogP) is -0.208. The minimum absolute atomic E-state index is 0.166. The van der Waals surface area contributed by atoms with E-state index >= 15 is 0 Å². The molecule has 0 spiro atoms. The molecule has 1 aromatic heterocycles. The lowest BCUT2D eigenvalue weighted by atomic mass is 10.1. The molecule has 20 heavy (non-hydrogen) atoms. The number of rotatable bonds is 2. The van der Waals surface area contributed by atoms with Gasteiger partial charge in [0, 0.05) is 24.3 Å². The first-order valence-corrected chi connectivity index (χ1v) is 8.45. The van der Waals surface area contributed by atoms with Crippen LogP contribution in [0, 0.1) is 0 Å². The van der Waals surface area contributed by atoms with Gasteiger partial charge in [0.15, 0.2) is 5.69 Å². The molecule has 1 aliphatic carbocycles. The summed E-state index contributed by atoms with van der Waals surface area (Å²) in [5, 5.41) is 11.5. The van der Waals surface area contributed by atoms with Crippen molar-refractivity contribution in [3.8, 4) is 0 Å². The Morgan fingerprint density at radius 2 is 2.15 bits per heavy atom. The number of sulfonamides is 1. The van der Waals surface area contributed by atoms with E-state index < -0.39 is 15.3 Å². The van der Waals surface area contributed by atoms with Crippen LogP contribution in [0.4, 0.5) is 0 Å². The third kappa shape index (κ3) is 2.33. The second kappa shape index (κ2) is 4.85. The molecule has 0 bridgehead atoms. The Labute approximate surface area is 117 Å². The van der Waals surface area contributed by atoms with E-state index in [-0.39, 0.29) is 12.5 Å². The predicted molar refractivity (Wildman–Crippen MR) is 72.6 cm³/mol. The third-order valence-electron chi connectivity index (χ3n) is 4.14. The number of primary sulfonamides is 1. The van der Waals surface area contributed by atoms with Gasteiger partial charge in [0.05, 0.1) is 5.25 Å². The van der Waals surface area contributed by atoms with Crippen molar-refractivity contribution in [2.45, 2.75) is 37.4 Å². The topological polar surface area (TPSA) is 109 Å². The number of piperidine rings is 1. The van der Waals surface area contributed by atoms with E-state index in [0.717, 1.165) is 30.5 Å². The maximum absolute atomic E-state index is 12.5. The second-order valence-corrected chi connectivity index (χ2v) is 7.33. The Kier molecular flexibility index (Phi) is 3.29. The smallest absolute Gasteiger partial charge is 0.274 e. The van der Waals surface area contributed by atoms with Crippen LogP contribution in [0.3, 0.4) is 0 Å². The highest BCUT2D eigenvalue weighted by molar-refractivity contribution is 7.89. The minimum atomic E-state index is -3.59. The van der Waals surface area contributed by atoms with Crippen LogP contribution in [0.15, 0.2) is 0 Å². The molecular weight excluding hydrogens is 280 g/mol. The van der Waals surface area contributed by atoms with Crippen LogP contribution >= 0.6 is 0 Å². The molecule has 2 aliphatic rings. The van der Waals surface area contributed by atoms with Crippen LogP contribution in [-0.4, -0.2) is 47.8 Å². The fraction of sp³-hybridized carbons (Fsp3) is 0.667. The van der Waals surface area contributed by atoms with Crippen LogP contribution in [0.25, 0.3) is 0 Å². The number of amides is 1.